The van der Waals surface area contributed by atoms with Crippen molar-refractivity contribution in [2.75, 3.05) is 56.5 Å². The van der Waals surface area contributed by atoms with E-state index >= 15 is 0 Å². The molecular formula is C26H28ClFN8O3. The number of benzene rings is 1. The van der Waals surface area contributed by atoms with E-state index in [1.807, 2.05) is 4.90 Å². The van der Waals surface area contributed by atoms with Gasteiger partial charge in [-0.05, 0) is 31.2 Å². The maximum Gasteiger partial charge on any atom is 0.319 e. The molecule has 2 aliphatic rings. The van der Waals surface area contributed by atoms with Crippen LogP contribution in [0.25, 0.3) is 10.9 Å². The summed E-state index contributed by atoms with van der Waals surface area (Å²) in [5.41, 5.74) is 6.35. The second kappa shape index (κ2) is 11.4. The Morgan fingerprint density at radius 2 is 2.13 bits per heavy atom. The Morgan fingerprint density at radius 1 is 1.33 bits per heavy atom. The summed E-state index contributed by atoms with van der Waals surface area (Å²) >= 11 is 6.21. The largest absolute Gasteiger partial charge is 0.463 e. The number of halogens is 2. The molecule has 2 fully saturated rings. The van der Waals surface area contributed by atoms with E-state index in [-0.39, 0.29) is 39.8 Å². The van der Waals surface area contributed by atoms with Gasteiger partial charge in [-0.2, -0.15) is 9.97 Å². The van der Waals surface area contributed by atoms with Crippen LogP contribution in [0.15, 0.2) is 31.0 Å². The molecule has 3 aromatic rings. The fourth-order valence-corrected chi connectivity index (χ4v) is 4.87. The van der Waals surface area contributed by atoms with Crippen molar-refractivity contribution < 1.29 is 18.7 Å². The van der Waals surface area contributed by atoms with Crippen LogP contribution in [0.3, 0.4) is 0 Å². The molecule has 0 bridgehead atoms. The molecule has 0 spiro atoms. The quantitative estimate of drug-likeness (QED) is 0.217. The van der Waals surface area contributed by atoms with E-state index in [2.05, 4.69) is 21.9 Å². The summed E-state index contributed by atoms with van der Waals surface area (Å²) in [4.78, 5) is 29.5. The predicted octanol–water partition coefficient (Wildman–Crippen LogP) is 3.01. The van der Waals surface area contributed by atoms with Gasteiger partial charge in [-0.1, -0.05) is 18.2 Å². The summed E-state index contributed by atoms with van der Waals surface area (Å²) in [6, 6.07) is 2.93. The number of fused-ring (bicyclic) bond motifs is 1. The van der Waals surface area contributed by atoms with Gasteiger partial charge in [-0.25, -0.2) is 9.37 Å². The van der Waals surface area contributed by atoms with Crippen molar-refractivity contribution in [2.45, 2.75) is 6.42 Å². The molecule has 0 saturated carbocycles. The number of ether oxygens (including phenoxy) is 2. The smallest absolute Gasteiger partial charge is 0.319 e. The standard InChI is InChI=1S/C26H28ClFN8O3/c1-2-20(37)35-7-9-36(10-8-35)24-16-4-6-32-25(39-23-17(12-29)19(30)11-18(28)21(23)27)22(16)33-26(34-24)38-14-15-3-5-31-13-15/h2,4,6,11-12,15,29,31H,1,3,5,7-10,13-14,30H2. The van der Waals surface area contributed by atoms with Crippen molar-refractivity contribution >= 4 is 46.1 Å². The van der Waals surface area contributed by atoms with Gasteiger partial charge in [0.1, 0.15) is 22.2 Å². The van der Waals surface area contributed by atoms with Crippen LogP contribution in [0, 0.1) is 17.1 Å². The van der Waals surface area contributed by atoms with Gasteiger partial charge in [0.15, 0.2) is 5.75 Å². The lowest BCUT2D eigenvalue weighted by Crippen LogP contribution is -2.48. The van der Waals surface area contributed by atoms with E-state index in [4.69, 9.17) is 37.2 Å². The highest BCUT2D eigenvalue weighted by Gasteiger charge is 2.26. The number of amides is 1. The summed E-state index contributed by atoms with van der Waals surface area (Å²) in [7, 11) is 0. The van der Waals surface area contributed by atoms with Crippen molar-refractivity contribution in [1.82, 2.24) is 25.2 Å². The number of nitrogen functional groups attached to an aromatic ring is 1. The summed E-state index contributed by atoms with van der Waals surface area (Å²) in [5.74, 6) is -0.0972. The topological polar surface area (TPSA) is 143 Å². The summed E-state index contributed by atoms with van der Waals surface area (Å²) in [5, 5.41) is 11.3. The van der Waals surface area contributed by atoms with Gasteiger partial charge in [0.25, 0.3) is 0 Å². The number of nitrogens with two attached hydrogens (primary N) is 1. The SMILES string of the molecule is C=CC(=O)N1CCN(c2nc(OCC3CCNC3)nc3c(Oc4c(Cl)c(F)cc(N)c4C=N)nccc23)CC1. The molecule has 1 aromatic carbocycles. The first-order valence-electron chi connectivity index (χ1n) is 12.5. The van der Waals surface area contributed by atoms with Gasteiger partial charge in [-0.3, -0.25) is 4.79 Å². The fraction of sp³-hybridized carbons (Fsp3) is 0.346. The molecule has 1 unspecified atom stereocenters. The van der Waals surface area contributed by atoms with Gasteiger partial charge in [0.05, 0.1) is 17.6 Å². The summed E-state index contributed by atoms with van der Waals surface area (Å²) in [6.07, 6.45) is 4.76. The molecule has 0 aliphatic carbocycles. The molecule has 1 atom stereocenters. The summed E-state index contributed by atoms with van der Waals surface area (Å²) < 4.78 is 26.4. The van der Waals surface area contributed by atoms with Crippen molar-refractivity contribution in [3.05, 3.63) is 47.4 Å². The Kier molecular flexibility index (Phi) is 7.75. The number of nitrogens with one attached hydrogen (secondary N) is 2. The van der Waals surface area contributed by atoms with Gasteiger partial charge in [0.2, 0.25) is 11.8 Å². The highest BCUT2D eigenvalue weighted by molar-refractivity contribution is 6.33. The zero-order valence-electron chi connectivity index (χ0n) is 21.1. The van der Waals surface area contributed by atoms with Crippen molar-refractivity contribution in [3.8, 4) is 17.6 Å². The maximum absolute atomic E-state index is 14.4. The average Bonchev–Trinajstić information content (AvgIpc) is 3.48. The predicted molar refractivity (Wildman–Crippen MR) is 147 cm³/mol. The minimum absolute atomic E-state index is 0.00131. The molecule has 2 aliphatic heterocycles. The second-order valence-corrected chi connectivity index (χ2v) is 9.66. The second-order valence-electron chi connectivity index (χ2n) is 9.28. The lowest BCUT2D eigenvalue weighted by atomic mass is 10.1. The summed E-state index contributed by atoms with van der Waals surface area (Å²) in [6.45, 7) is 7.83. The zero-order chi connectivity index (χ0) is 27.5. The Labute approximate surface area is 229 Å². The molecule has 11 nitrogen and oxygen atoms in total. The average molecular weight is 555 g/mol. The van der Waals surface area contributed by atoms with Gasteiger partial charge in [-0.15, -0.1) is 0 Å². The van der Waals surface area contributed by atoms with Gasteiger partial charge in [0, 0.05) is 56.7 Å². The molecule has 5 rings (SSSR count). The Balaban J connectivity index is 1.55. The number of carbonyl (C=O) groups excluding carboxylic acids is 1. The highest BCUT2D eigenvalue weighted by Crippen LogP contribution is 2.40. The highest BCUT2D eigenvalue weighted by atomic mass is 35.5. The number of piperazine rings is 1. The molecule has 39 heavy (non-hydrogen) atoms. The molecule has 13 heteroatoms. The Hall–Kier alpha value is -4.03. The first-order chi connectivity index (χ1) is 18.9. The lowest BCUT2D eigenvalue weighted by Gasteiger charge is -2.35. The molecule has 4 N–H and O–H groups in total. The molecule has 0 radical (unpaired) electrons. The van der Waals surface area contributed by atoms with Crippen LogP contribution in [-0.4, -0.2) is 77.8 Å². The minimum atomic E-state index is -0.786. The fourth-order valence-electron chi connectivity index (χ4n) is 4.67. The van der Waals surface area contributed by atoms with E-state index in [0.29, 0.717) is 55.4 Å². The first-order valence-corrected chi connectivity index (χ1v) is 12.9. The van der Waals surface area contributed by atoms with Crippen LogP contribution < -0.4 is 25.4 Å². The number of anilines is 2. The number of aromatic nitrogens is 3. The minimum Gasteiger partial charge on any atom is -0.463 e. The van der Waals surface area contributed by atoms with E-state index < -0.39 is 5.82 Å². The van der Waals surface area contributed by atoms with E-state index in [9.17, 15) is 9.18 Å². The van der Waals surface area contributed by atoms with Crippen LogP contribution in [0.4, 0.5) is 15.9 Å². The van der Waals surface area contributed by atoms with Crippen molar-refractivity contribution in [3.63, 3.8) is 0 Å². The van der Waals surface area contributed by atoms with E-state index in [0.717, 1.165) is 31.8 Å². The molecule has 1 amide bonds. The third-order valence-corrected chi connectivity index (χ3v) is 7.16. The monoisotopic (exact) mass is 554 g/mol. The molecule has 4 heterocycles. The molecule has 2 aromatic heterocycles. The number of rotatable bonds is 8. The van der Waals surface area contributed by atoms with Crippen LogP contribution >= 0.6 is 11.6 Å². The lowest BCUT2D eigenvalue weighted by molar-refractivity contribution is -0.126. The van der Waals surface area contributed by atoms with E-state index in [1.54, 1.807) is 11.0 Å². The number of carbonyl (C=O) groups is 1. The van der Waals surface area contributed by atoms with Crippen molar-refractivity contribution in [2.24, 2.45) is 5.92 Å². The molecule has 2 saturated heterocycles. The third-order valence-electron chi connectivity index (χ3n) is 6.81. The van der Waals surface area contributed by atoms with Crippen LogP contribution in [0.2, 0.25) is 5.02 Å². The molecular weight excluding hydrogens is 527 g/mol. The molecule has 204 valence electrons. The third kappa shape index (κ3) is 5.43. The van der Waals surface area contributed by atoms with Gasteiger partial charge >= 0.3 is 6.01 Å². The van der Waals surface area contributed by atoms with E-state index in [1.165, 1.54) is 12.3 Å². The van der Waals surface area contributed by atoms with Crippen LogP contribution in [0.5, 0.6) is 17.6 Å². The first kappa shape index (κ1) is 26.6. The number of pyridine rings is 1. The normalized spacial score (nSPS) is 17.3. The zero-order valence-corrected chi connectivity index (χ0v) is 21.9. The number of hydrogen-bond donors (Lipinski definition) is 3. The van der Waals surface area contributed by atoms with Crippen LogP contribution in [0.1, 0.15) is 12.0 Å². The Bertz CT molecular complexity index is 1420. The van der Waals surface area contributed by atoms with Crippen molar-refractivity contribution in [1.29, 1.82) is 5.41 Å². The van der Waals surface area contributed by atoms with Crippen LogP contribution in [-0.2, 0) is 4.79 Å². The number of hydrogen-bond acceptors (Lipinski definition) is 10. The van der Waals surface area contributed by atoms with Gasteiger partial charge < -0.3 is 35.7 Å². The number of nitrogens with zero attached hydrogens (tertiary/aromatic N) is 5. The maximum atomic E-state index is 14.4. The Morgan fingerprint density at radius 3 is 2.82 bits per heavy atom.